The van der Waals surface area contributed by atoms with Crippen LogP contribution < -0.4 is 0 Å². The number of aliphatic hydroxyl groups is 2. The van der Waals surface area contributed by atoms with Crippen molar-refractivity contribution < 1.29 is 10.2 Å². The third-order valence-corrected chi connectivity index (χ3v) is 3.54. The van der Waals surface area contributed by atoms with Crippen molar-refractivity contribution in [1.82, 2.24) is 10.2 Å². The average molecular weight is 258 g/mol. The lowest BCUT2D eigenvalue weighted by Crippen LogP contribution is -2.09. The molecule has 0 bridgehead atoms. The fourth-order valence-electron chi connectivity index (χ4n) is 1.73. The molecule has 2 atom stereocenters. The molecule has 0 saturated carbocycles. The smallest absolute Gasteiger partial charge is 0.120 e. The molecule has 0 spiro atoms. The first kappa shape index (κ1) is 14.5. The summed E-state index contributed by atoms with van der Waals surface area (Å²) in [6.45, 7) is 4.10. The third-order valence-electron chi connectivity index (χ3n) is 2.57. The van der Waals surface area contributed by atoms with E-state index in [1.165, 1.54) is 11.3 Å². The molecule has 0 aliphatic heterocycles. The summed E-state index contributed by atoms with van der Waals surface area (Å²) in [6, 6.07) is 0. The van der Waals surface area contributed by atoms with Crippen LogP contribution in [0.15, 0.2) is 0 Å². The van der Waals surface area contributed by atoms with Crippen molar-refractivity contribution in [3.05, 3.63) is 10.0 Å². The second-order valence-corrected chi connectivity index (χ2v) is 5.53. The van der Waals surface area contributed by atoms with Crippen LogP contribution in [0, 0.1) is 0 Å². The van der Waals surface area contributed by atoms with E-state index in [2.05, 4.69) is 24.0 Å². The van der Waals surface area contributed by atoms with E-state index in [1.54, 1.807) is 0 Å². The summed E-state index contributed by atoms with van der Waals surface area (Å²) in [6.07, 6.45) is 4.07. The number of aromatic nitrogens is 2. The predicted octanol–water partition coefficient (Wildman–Crippen LogP) is 1.95. The largest absolute Gasteiger partial charge is 0.393 e. The van der Waals surface area contributed by atoms with Gasteiger partial charge in [-0.25, -0.2) is 0 Å². The van der Waals surface area contributed by atoms with E-state index in [0.29, 0.717) is 12.8 Å². The van der Waals surface area contributed by atoms with Crippen molar-refractivity contribution in [3.63, 3.8) is 0 Å². The molecular weight excluding hydrogens is 236 g/mol. The molecule has 2 N–H and O–H groups in total. The van der Waals surface area contributed by atoms with Crippen LogP contribution in [-0.2, 0) is 12.8 Å². The second kappa shape index (κ2) is 7.74. The molecule has 4 nitrogen and oxygen atoms in total. The topological polar surface area (TPSA) is 66.2 Å². The van der Waals surface area contributed by atoms with Gasteiger partial charge in [0.05, 0.1) is 12.2 Å². The second-order valence-electron chi connectivity index (χ2n) is 4.38. The van der Waals surface area contributed by atoms with E-state index in [-0.39, 0.29) is 12.2 Å². The third kappa shape index (κ3) is 5.57. The minimum atomic E-state index is -0.318. The Balaban J connectivity index is 2.42. The molecule has 1 aromatic heterocycles. The van der Waals surface area contributed by atoms with Crippen molar-refractivity contribution in [3.8, 4) is 0 Å². The highest BCUT2D eigenvalue weighted by Gasteiger charge is 2.12. The quantitative estimate of drug-likeness (QED) is 0.748. The van der Waals surface area contributed by atoms with E-state index >= 15 is 0 Å². The van der Waals surface area contributed by atoms with E-state index in [1.807, 2.05) is 0 Å². The Labute approximate surface area is 107 Å². The summed E-state index contributed by atoms with van der Waals surface area (Å²) in [5.74, 6) is 0. The van der Waals surface area contributed by atoms with Crippen LogP contribution in [0.4, 0.5) is 0 Å². The Bertz CT molecular complexity index is 289. The van der Waals surface area contributed by atoms with Crippen LogP contribution in [0.5, 0.6) is 0 Å². The summed E-state index contributed by atoms with van der Waals surface area (Å²) in [5, 5.41) is 29.2. The lowest BCUT2D eigenvalue weighted by atomic mass is 10.1. The van der Waals surface area contributed by atoms with Crippen LogP contribution in [0.25, 0.3) is 0 Å². The molecular formula is C12H22N2O2S. The number of nitrogens with zero attached hydrogens (tertiary/aromatic N) is 2. The van der Waals surface area contributed by atoms with Crippen LogP contribution in [-0.4, -0.2) is 32.6 Å². The Morgan fingerprint density at radius 3 is 1.71 bits per heavy atom. The highest BCUT2D eigenvalue weighted by atomic mass is 32.1. The van der Waals surface area contributed by atoms with Crippen LogP contribution >= 0.6 is 11.3 Å². The lowest BCUT2D eigenvalue weighted by molar-refractivity contribution is 0.163. The van der Waals surface area contributed by atoms with Crippen molar-refractivity contribution in [2.24, 2.45) is 0 Å². The number of hydrogen-bond acceptors (Lipinski definition) is 5. The first-order valence-electron chi connectivity index (χ1n) is 6.33. The van der Waals surface area contributed by atoms with Gasteiger partial charge in [0.25, 0.3) is 0 Å². The zero-order valence-corrected chi connectivity index (χ0v) is 11.4. The number of aliphatic hydroxyl groups excluding tert-OH is 2. The van der Waals surface area contributed by atoms with Crippen molar-refractivity contribution in [1.29, 1.82) is 0 Å². The molecule has 98 valence electrons. The van der Waals surface area contributed by atoms with E-state index in [9.17, 15) is 10.2 Å². The predicted molar refractivity (Wildman–Crippen MR) is 69.1 cm³/mol. The molecule has 1 rings (SSSR count). The van der Waals surface area contributed by atoms with Gasteiger partial charge in [-0.05, 0) is 12.8 Å². The van der Waals surface area contributed by atoms with Gasteiger partial charge in [-0.1, -0.05) is 26.7 Å². The Morgan fingerprint density at radius 1 is 0.941 bits per heavy atom. The monoisotopic (exact) mass is 258 g/mol. The van der Waals surface area contributed by atoms with Gasteiger partial charge in [0.15, 0.2) is 0 Å². The van der Waals surface area contributed by atoms with Crippen LogP contribution in [0.2, 0.25) is 0 Å². The first-order valence-corrected chi connectivity index (χ1v) is 7.14. The summed E-state index contributed by atoms with van der Waals surface area (Å²) in [5.41, 5.74) is 0. The maximum Gasteiger partial charge on any atom is 0.120 e. The van der Waals surface area contributed by atoms with Gasteiger partial charge < -0.3 is 10.2 Å². The average Bonchev–Trinajstić information content (AvgIpc) is 2.66. The number of hydrogen-bond donors (Lipinski definition) is 2. The van der Waals surface area contributed by atoms with Crippen LogP contribution in [0.3, 0.4) is 0 Å². The molecule has 0 aliphatic carbocycles. The van der Waals surface area contributed by atoms with Crippen molar-refractivity contribution >= 4 is 11.3 Å². The first-order chi connectivity index (χ1) is 8.15. The van der Waals surface area contributed by atoms with Gasteiger partial charge in [-0.2, -0.15) is 0 Å². The molecule has 5 heteroatoms. The minimum absolute atomic E-state index is 0.318. The fourth-order valence-corrected chi connectivity index (χ4v) is 2.71. The fraction of sp³-hybridized carbons (Fsp3) is 0.833. The summed E-state index contributed by atoms with van der Waals surface area (Å²) >= 11 is 1.50. The van der Waals surface area contributed by atoms with Gasteiger partial charge in [-0.15, -0.1) is 21.5 Å². The molecule has 0 aromatic carbocycles. The zero-order valence-electron chi connectivity index (χ0n) is 10.6. The van der Waals surface area contributed by atoms with E-state index in [4.69, 9.17) is 0 Å². The van der Waals surface area contributed by atoms with Gasteiger partial charge in [0.1, 0.15) is 10.0 Å². The number of rotatable bonds is 8. The molecule has 1 aromatic rings. The standard InChI is InChI=1S/C12H22N2O2S/c1-3-5-9(15)7-11-13-14-12(17-11)8-10(16)6-4-2/h9-10,15-16H,3-8H2,1-2H3. The summed E-state index contributed by atoms with van der Waals surface area (Å²) in [7, 11) is 0. The highest BCUT2D eigenvalue weighted by molar-refractivity contribution is 7.11. The van der Waals surface area contributed by atoms with Crippen LogP contribution in [0.1, 0.15) is 49.5 Å². The van der Waals surface area contributed by atoms with Gasteiger partial charge in [0.2, 0.25) is 0 Å². The maximum atomic E-state index is 9.67. The van der Waals surface area contributed by atoms with Crippen molar-refractivity contribution in [2.75, 3.05) is 0 Å². The zero-order chi connectivity index (χ0) is 12.7. The van der Waals surface area contributed by atoms with Gasteiger partial charge in [-0.3, -0.25) is 0 Å². The maximum absolute atomic E-state index is 9.67. The highest BCUT2D eigenvalue weighted by Crippen LogP contribution is 2.16. The molecule has 0 fully saturated rings. The molecule has 0 amide bonds. The van der Waals surface area contributed by atoms with Gasteiger partial charge in [0, 0.05) is 12.8 Å². The normalized spacial score (nSPS) is 14.8. The summed E-state index contributed by atoms with van der Waals surface area (Å²) < 4.78 is 0. The minimum Gasteiger partial charge on any atom is -0.393 e. The Morgan fingerprint density at radius 2 is 1.35 bits per heavy atom. The molecule has 17 heavy (non-hydrogen) atoms. The Kier molecular flexibility index (Phi) is 6.62. The summed E-state index contributed by atoms with van der Waals surface area (Å²) in [4.78, 5) is 0. The van der Waals surface area contributed by atoms with E-state index < -0.39 is 0 Å². The molecule has 2 unspecified atom stereocenters. The molecule has 0 aliphatic rings. The van der Waals surface area contributed by atoms with Crippen molar-refractivity contribution in [2.45, 2.75) is 64.6 Å². The van der Waals surface area contributed by atoms with Gasteiger partial charge >= 0.3 is 0 Å². The lowest BCUT2D eigenvalue weighted by Gasteiger charge is -2.05. The molecule has 0 saturated heterocycles. The SMILES string of the molecule is CCCC(O)Cc1nnc(CC(O)CCC)s1. The molecule has 1 heterocycles. The van der Waals surface area contributed by atoms with E-state index in [0.717, 1.165) is 35.7 Å². The molecule has 0 radical (unpaired) electrons. The Hall–Kier alpha value is -0.520.